The van der Waals surface area contributed by atoms with Gasteiger partial charge in [0, 0.05) is 40.1 Å². The van der Waals surface area contributed by atoms with Crippen molar-refractivity contribution in [3.05, 3.63) is 129 Å². The summed E-state index contributed by atoms with van der Waals surface area (Å²) in [6, 6.07) is 27.7. The van der Waals surface area contributed by atoms with Crippen LogP contribution >= 0.6 is 39.1 Å². The number of anilines is 1. The first-order valence-corrected chi connectivity index (χ1v) is 15.9. The van der Waals surface area contributed by atoms with Crippen molar-refractivity contribution in [1.29, 1.82) is 0 Å². The number of hydrogen-bond donors (Lipinski definition) is 1. The van der Waals surface area contributed by atoms with Crippen LogP contribution < -0.4 is 9.62 Å². The summed E-state index contributed by atoms with van der Waals surface area (Å²) in [6.07, 6.45) is 0.177. The average Bonchev–Trinajstić information content (AvgIpc) is 2.99. The Morgan fingerprint density at radius 3 is 2.05 bits per heavy atom. The molecule has 7 nitrogen and oxygen atoms in total. The normalized spacial score (nSPS) is 11.9. The van der Waals surface area contributed by atoms with Crippen LogP contribution in [0.5, 0.6) is 0 Å². The summed E-state index contributed by atoms with van der Waals surface area (Å²) in [7, 11) is -2.70. The first-order valence-electron chi connectivity index (χ1n) is 12.9. The Balaban J connectivity index is 1.82. The molecule has 0 aliphatic rings. The van der Waals surface area contributed by atoms with Crippen LogP contribution in [0.4, 0.5) is 5.69 Å². The Hall–Kier alpha value is -3.37. The van der Waals surface area contributed by atoms with Gasteiger partial charge in [0.15, 0.2) is 0 Å². The lowest BCUT2D eigenvalue weighted by atomic mass is 10.0. The van der Waals surface area contributed by atoms with Crippen molar-refractivity contribution >= 4 is 66.7 Å². The van der Waals surface area contributed by atoms with Crippen LogP contribution in [-0.2, 0) is 32.6 Å². The molecule has 2 amide bonds. The van der Waals surface area contributed by atoms with Crippen LogP contribution in [0, 0.1) is 0 Å². The van der Waals surface area contributed by atoms with Gasteiger partial charge in [0.1, 0.15) is 12.6 Å². The standard InChI is InChI=1S/C31H28BrCl2N3O4S/c1-35-31(39)29(18-22-10-4-2-5-11-22)36(20-26-27(33)16-9-17-28(26)34)30(38)21-37(24-13-8-12-23(32)19-24)42(40,41)25-14-6-3-7-15-25/h2-17,19,29H,18,20-21H2,1H3,(H,35,39)/t29-/m1/s1. The second kappa shape index (κ2) is 14.2. The predicted molar refractivity (Wildman–Crippen MR) is 170 cm³/mol. The molecule has 0 saturated heterocycles. The molecule has 0 saturated carbocycles. The van der Waals surface area contributed by atoms with E-state index in [1.165, 1.54) is 24.1 Å². The van der Waals surface area contributed by atoms with Crippen LogP contribution in [0.3, 0.4) is 0 Å². The molecule has 4 rings (SSSR count). The summed E-state index contributed by atoms with van der Waals surface area (Å²) in [5.41, 5.74) is 1.53. The number of benzene rings is 4. The van der Waals surface area contributed by atoms with Gasteiger partial charge in [-0.2, -0.15) is 0 Å². The van der Waals surface area contributed by atoms with Crippen molar-refractivity contribution < 1.29 is 18.0 Å². The van der Waals surface area contributed by atoms with Crippen molar-refractivity contribution in [1.82, 2.24) is 10.2 Å². The highest BCUT2D eigenvalue weighted by atomic mass is 79.9. The highest BCUT2D eigenvalue weighted by molar-refractivity contribution is 9.10. The number of carbonyl (C=O) groups excluding carboxylic acids is 2. The zero-order valence-electron chi connectivity index (χ0n) is 22.6. The van der Waals surface area contributed by atoms with E-state index in [4.69, 9.17) is 23.2 Å². The minimum Gasteiger partial charge on any atom is -0.357 e. The van der Waals surface area contributed by atoms with Crippen molar-refractivity contribution in [2.24, 2.45) is 0 Å². The topological polar surface area (TPSA) is 86.8 Å². The number of halogens is 3. The van der Waals surface area contributed by atoms with Crippen molar-refractivity contribution in [2.75, 3.05) is 17.9 Å². The molecule has 4 aromatic rings. The van der Waals surface area contributed by atoms with Gasteiger partial charge < -0.3 is 10.2 Å². The number of hydrogen-bond acceptors (Lipinski definition) is 4. The molecule has 0 spiro atoms. The van der Waals surface area contributed by atoms with Crippen LogP contribution in [0.1, 0.15) is 11.1 Å². The number of amides is 2. The lowest BCUT2D eigenvalue weighted by Crippen LogP contribution is -2.53. The quantitative estimate of drug-likeness (QED) is 0.199. The maximum Gasteiger partial charge on any atom is 0.264 e. The number of nitrogens with zero attached hydrogens (tertiary/aromatic N) is 2. The Labute approximate surface area is 264 Å². The minimum absolute atomic E-state index is 0.0191. The van der Waals surface area contributed by atoms with Gasteiger partial charge in [-0.15, -0.1) is 0 Å². The fourth-order valence-electron chi connectivity index (χ4n) is 4.45. The molecule has 0 aliphatic heterocycles. The van der Waals surface area contributed by atoms with Gasteiger partial charge in [-0.05, 0) is 48.0 Å². The van der Waals surface area contributed by atoms with Gasteiger partial charge in [0.25, 0.3) is 10.0 Å². The van der Waals surface area contributed by atoms with Crippen molar-refractivity contribution in [3.8, 4) is 0 Å². The molecule has 1 N–H and O–H groups in total. The molecule has 1 atom stereocenters. The highest BCUT2D eigenvalue weighted by Crippen LogP contribution is 2.29. The maximum atomic E-state index is 14.3. The molecule has 4 aromatic carbocycles. The molecular formula is C31H28BrCl2N3O4S. The number of nitrogens with one attached hydrogen (secondary N) is 1. The van der Waals surface area contributed by atoms with E-state index >= 15 is 0 Å². The van der Waals surface area contributed by atoms with E-state index in [9.17, 15) is 18.0 Å². The summed E-state index contributed by atoms with van der Waals surface area (Å²) in [6.45, 7) is -0.710. The van der Waals surface area contributed by atoms with E-state index in [0.717, 1.165) is 9.87 Å². The Morgan fingerprint density at radius 2 is 1.45 bits per heavy atom. The molecule has 0 unspecified atom stereocenters. The number of rotatable bonds is 11. The third-order valence-corrected chi connectivity index (χ3v) is 9.60. The molecule has 0 aliphatic carbocycles. The fourth-order valence-corrected chi connectivity index (χ4v) is 6.79. The summed E-state index contributed by atoms with van der Waals surface area (Å²) >= 11 is 16.4. The molecule has 0 radical (unpaired) electrons. The first-order chi connectivity index (χ1) is 20.1. The average molecular weight is 689 g/mol. The molecule has 0 fully saturated rings. The lowest BCUT2D eigenvalue weighted by molar-refractivity contribution is -0.139. The summed E-state index contributed by atoms with van der Waals surface area (Å²) in [5, 5.41) is 3.28. The zero-order chi connectivity index (χ0) is 30.3. The molecule has 218 valence electrons. The number of likely N-dealkylation sites (N-methyl/N-ethyl adjacent to an activating group) is 1. The van der Waals surface area contributed by atoms with Crippen LogP contribution in [0.25, 0.3) is 0 Å². The van der Waals surface area contributed by atoms with Gasteiger partial charge in [0.2, 0.25) is 11.8 Å². The molecule has 0 bridgehead atoms. The molecular weight excluding hydrogens is 661 g/mol. The summed E-state index contributed by atoms with van der Waals surface area (Å²) in [5.74, 6) is -1.04. The van der Waals surface area contributed by atoms with Crippen LogP contribution in [0.2, 0.25) is 10.0 Å². The van der Waals surface area contributed by atoms with Gasteiger partial charge in [-0.3, -0.25) is 13.9 Å². The van der Waals surface area contributed by atoms with Gasteiger partial charge in [-0.25, -0.2) is 8.42 Å². The molecule has 0 aromatic heterocycles. The zero-order valence-corrected chi connectivity index (χ0v) is 26.5. The summed E-state index contributed by atoms with van der Waals surface area (Å²) < 4.78 is 29.5. The monoisotopic (exact) mass is 687 g/mol. The van der Waals surface area contributed by atoms with E-state index in [1.54, 1.807) is 60.7 Å². The number of carbonyl (C=O) groups is 2. The maximum absolute atomic E-state index is 14.3. The van der Waals surface area contributed by atoms with Crippen LogP contribution in [0.15, 0.2) is 112 Å². The molecule has 0 heterocycles. The van der Waals surface area contributed by atoms with Crippen LogP contribution in [-0.4, -0.2) is 44.8 Å². The summed E-state index contributed by atoms with van der Waals surface area (Å²) in [4.78, 5) is 29.0. The van der Waals surface area contributed by atoms with Gasteiger partial charge in [0.05, 0.1) is 10.6 Å². The first kappa shape index (κ1) is 31.6. The van der Waals surface area contributed by atoms with E-state index in [-0.39, 0.29) is 23.5 Å². The Morgan fingerprint density at radius 1 is 0.857 bits per heavy atom. The largest absolute Gasteiger partial charge is 0.357 e. The minimum atomic E-state index is -4.19. The highest BCUT2D eigenvalue weighted by Gasteiger charge is 2.35. The molecule has 11 heteroatoms. The molecule has 42 heavy (non-hydrogen) atoms. The predicted octanol–water partition coefficient (Wildman–Crippen LogP) is 6.34. The van der Waals surface area contributed by atoms with E-state index in [0.29, 0.717) is 20.1 Å². The van der Waals surface area contributed by atoms with Crippen molar-refractivity contribution in [2.45, 2.75) is 23.9 Å². The van der Waals surface area contributed by atoms with E-state index in [1.807, 2.05) is 30.3 Å². The van der Waals surface area contributed by atoms with E-state index in [2.05, 4.69) is 21.2 Å². The second-order valence-corrected chi connectivity index (χ2v) is 12.9. The Bertz CT molecular complexity index is 1640. The second-order valence-electron chi connectivity index (χ2n) is 9.35. The van der Waals surface area contributed by atoms with Crippen molar-refractivity contribution in [3.63, 3.8) is 0 Å². The lowest BCUT2D eigenvalue weighted by Gasteiger charge is -2.34. The van der Waals surface area contributed by atoms with Gasteiger partial charge >= 0.3 is 0 Å². The fraction of sp³-hybridized carbons (Fsp3) is 0.161. The third kappa shape index (κ3) is 7.52. The third-order valence-electron chi connectivity index (χ3n) is 6.61. The SMILES string of the molecule is CNC(=O)[C@@H](Cc1ccccc1)N(Cc1c(Cl)cccc1Cl)C(=O)CN(c1cccc(Br)c1)S(=O)(=O)c1ccccc1. The van der Waals surface area contributed by atoms with Gasteiger partial charge in [-0.1, -0.05) is 99.8 Å². The Kier molecular flexibility index (Phi) is 10.7. The van der Waals surface area contributed by atoms with E-state index < -0.39 is 34.4 Å². The smallest absolute Gasteiger partial charge is 0.264 e. The number of sulfonamides is 1.